The monoisotopic (exact) mass is 326 g/mol. The molecule has 24 heavy (non-hydrogen) atoms. The van der Waals surface area contributed by atoms with Gasteiger partial charge in [-0.3, -0.25) is 4.79 Å². The number of hydrogen-bond donors (Lipinski definition) is 0. The Morgan fingerprint density at radius 3 is 2.79 bits per heavy atom. The van der Waals surface area contributed by atoms with E-state index in [1.807, 2.05) is 31.2 Å². The van der Waals surface area contributed by atoms with Crippen molar-refractivity contribution in [1.82, 2.24) is 19.3 Å². The Kier molecular flexibility index (Phi) is 4.41. The normalized spacial score (nSPS) is 10.9. The van der Waals surface area contributed by atoms with Gasteiger partial charge in [0.1, 0.15) is 5.82 Å². The Hall–Kier alpha value is -2.96. The summed E-state index contributed by atoms with van der Waals surface area (Å²) < 4.78 is 8.44. The minimum Gasteiger partial charge on any atom is -0.461 e. The number of fused-ring (bicyclic) bond motifs is 1. The molecule has 2 heterocycles. The number of ether oxygens (including phenoxy) is 1. The number of nitrogens with zero attached hydrogens (tertiary/aromatic N) is 4. The number of rotatable bonds is 5. The highest BCUT2D eigenvalue weighted by molar-refractivity contribution is 5.86. The van der Waals surface area contributed by atoms with Gasteiger partial charge in [0.25, 0.3) is 5.56 Å². The summed E-state index contributed by atoms with van der Waals surface area (Å²) >= 11 is 0. The van der Waals surface area contributed by atoms with E-state index in [1.54, 1.807) is 0 Å². The predicted molar refractivity (Wildman–Crippen MR) is 88.8 cm³/mol. The number of carbonyl (C=O) groups excluding carboxylic acids is 1. The van der Waals surface area contributed by atoms with E-state index in [0.29, 0.717) is 13.0 Å². The van der Waals surface area contributed by atoms with Crippen LogP contribution in [-0.2, 0) is 18.3 Å². The molecule has 7 heteroatoms. The van der Waals surface area contributed by atoms with Crippen molar-refractivity contribution < 1.29 is 9.53 Å². The summed E-state index contributed by atoms with van der Waals surface area (Å²) in [4.78, 5) is 27.7. The highest BCUT2D eigenvalue weighted by Gasteiger charge is 2.11. The molecule has 0 spiro atoms. The van der Waals surface area contributed by atoms with Crippen LogP contribution in [0, 0.1) is 6.92 Å². The first kappa shape index (κ1) is 15.9. The molecule has 0 fully saturated rings. The van der Waals surface area contributed by atoms with Crippen molar-refractivity contribution >= 4 is 17.0 Å². The molecule has 0 aliphatic rings. The zero-order valence-electron chi connectivity index (χ0n) is 13.6. The summed E-state index contributed by atoms with van der Waals surface area (Å²) in [6.07, 6.45) is 0.665. The highest BCUT2D eigenvalue weighted by Crippen LogP contribution is 2.15. The molecule has 0 aliphatic heterocycles. The second kappa shape index (κ2) is 6.66. The Morgan fingerprint density at radius 1 is 1.21 bits per heavy atom. The summed E-state index contributed by atoms with van der Waals surface area (Å²) in [6, 6.07) is 10.6. The molecule has 2 aromatic heterocycles. The third-order valence-electron chi connectivity index (χ3n) is 3.77. The Labute approximate surface area is 138 Å². The van der Waals surface area contributed by atoms with Gasteiger partial charge in [0.2, 0.25) is 0 Å². The van der Waals surface area contributed by atoms with E-state index in [9.17, 15) is 9.59 Å². The largest absolute Gasteiger partial charge is 0.461 e. The quantitative estimate of drug-likeness (QED) is 0.526. The number of hydrogen-bond acceptors (Lipinski definition) is 5. The fraction of sp³-hybridized carbons (Fsp3) is 0.294. The lowest BCUT2D eigenvalue weighted by Crippen LogP contribution is -2.22. The first-order valence-electron chi connectivity index (χ1n) is 7.69. The van der Waals surface area contributed by atoms with Crippen LogP contribution >= 0.6 is 0 Å². The van der Waals surface area contributed by atoms with Gasteiger partial charge < -0.3 is 9.30 Å². The lowest BCUT2D eigenvalue weighted by Gasteiger charge is -2.08. The molecule has 0 amide bonds. The third-order valence-corrected chi connectivity index (χ3v) is 3.77. The minimum absolute atomic E-state index is 0.126. The van der Waals surface area contributed by atoms with Crippen molar-refractivity contribution in [1.29, 1.82) is 0 Å². The fourth-order valence-corrected chi connectivity index (χ4v) is 2.55. The van der Waals surface area contributed by atoms with Crippen LogP contribution in [0.2, 0.25) is 0 Å². The SMILES string of the molecule is Cc1nc2ccccc2n1CCCOC(=O)c1ccc(=O)n(C)n1. The molecular weight excluding hydrogens is 308 g/mol. The molecule has 0 unspecified atom stereocenters. The molecule has 3 aromatic rings. The average molecular weight is 326 g/mol. The lowest BCUT2D eigenvalue weighted by molar-refractivity contribution is 0.0486. The van der Waals surface area contributed by atoms with Crippen LogP contribution in [0.4, 0.5) is 0 Å². The highest BCUT2D eigenvalue weighted by atomic mass is 16.5. The Bertz CT molecular complexity index is 942. The number of benzene rings is 1. The van der Waals surface area contributed by atoms with Gasteiger partial charge in [0, 0.05) is 19.7 Å². The second-order valence-corrected chi connectivity index (χ2v) is 5.47. The summed E-state index contributed by atoms with van der Waals surface area (Å²) in [5.41, 5.74) is 1.89. The van der Waals surface area contributed by atoms with Gasteiger partial charge in [0.05, 0.1) is 17.6 Å². The van der Waals surface area contributed by atoms with Gasteiger partial charge >= 0.3 is 5.97 Å². The minimum atomic E-state index is -0.530. The maximum atomic E-state index is 11.9. The van der Waals surface area contributed by atoms with E-state index in [-0.39, 0.29) is 17.9 Å². The lowest BCUT2D eigenvalue weighted by atomic mass is 10.3. The molecule has 0 atom stereocenters. The van der Waals surface area contributed by atoms with Crippen molar-refractivity contribution in [3.8, 4) is 0 Å². The van der Waals surface area contributed by atoms with Gasteiger partial charge in [0.15, 0.2) is 5.69 Å². The van der Waals surface area contributed by atoms with Gasteiger partial charge in [-0.05, 0) is 31.5 Å². The molecule has 0 bridgehead atoms. The van der Waals surface area contributed by atoms with E-state index >= 15 is 0 Å². The van der Waals surface area contributed by atoms with E-state index in [0.717, 1.165) is 21.5 Å². The summed E-state index contributed by atoms with van der Waals surface area (Å²) in [7, 11) is 1.49. The van der Waals surface area contributed by atoms with Gasteiger partial charge in [-0.15, -0.1) is 0 Å². The number of carbonyl (C=O) groups is 1. The molecule has 3 rings (SSSR count). The first-order chi connectivity index (χ1) is 11.6. The molecule has 7 nitrogen and oxygen atoms in total. The van der Waals surface area contributed by atoms with E-state index < -0.39 is 5.97 Å². The molecule has 0 radical (unpaired) electrons. The Morgan fingerprint density at radius 2 is 2.00 bits per heavy atom. The fourth-order valence-electron chi connectivity index (χ4n) is 2.55. The number of esters is 1. The van der Waals surface area contributed by atoms with Crippen molar-refractivity contribution in [2.45, 2.75) is 19.9 Å². The maximum Gasteiger partial charge on any atom is 0.358 e. The zero-order valence-corrected chi connectivity index (χ0v) is 13.6. The second-order valence-electron chi connectivity index (χ2n) is 5.47. The molecule has 0 aliphatic carbocycles. The number of para-hydroxylation sites is 2. The standard InChI is InChI=1S/C17H18N4O3/c1-12-18-13-6-3-4-7-15(13)21(12)10-5-11-24-17(23)14-8-9-16(22)20(2)19-14/h3-4,6-9H,5,10-11H2,1-2H3. The summed E-state index contributed by atoms with van der Waals surface area (Å²) in [5, 5.41) is 3.87. The summed E-state index contributed by atoms with van der Waals surface area (Å²) in [5.74, 6) is 0.403. The predicted octanol–water partition coefficient (Wildman–Crippen LogP) is 1.69. The Balaban J connectivity index is 1.58. The van der Waals surface area contributed by atoms with Crippen molar-refractivity contribution in [2.24, 2.45) is 7.05 Å². The molecule has 1 aromatic carbocycles. The van der Waals surface area contributed by atoms with Crippen LogP contribution in [0.25, 0.3) is 11.0 Å². The third kappa shape index (κ3) is 3.19. The van der Waals surface area contributed by atoms with E-state index in [4.69, 9.17) is 4.74 Å². The van der Waals surface area contributed by atoms with Crippen molar-refractivity contribution in [3.63, 3.8) is 0 Å². The van der Waals surface area contributed by atoms with Crippen molar-refractivity contribution in [3.05, 3.63) is 58.3 Å². The number of imidazole rings is 1. The molecule has 0 N–H and O–H groups in total. The molecular formula is C17H18N4O3. The van der Waals surface area contributed by atoms with E-state index in [1.165, 1.54) is 19.2 Å². The molecule has 0 saturated carbocycles. The number of aromatic nitrogens is 4. The van der Waals surface area contributed by atoms with Gasteiger partial charge in [-0.25, -0.2) is 14.5 Å². The zero-order chi connectivity index (χ0) is 17.1. The van der Waals surface area contributed by atoms with Crippen LogP contribution in [0.1, 0.15) is 22.7 Å². The van der Waals surface area contributed by atoms with Crippen LogP contribution in [0.5, 0.6) is 0 Å². The molecule has 0 saturated heterocycles. The first-order valence-corrected chi connectivity index (χ1v) is 7.69. The molecule has 124 valence electrons. The van der Waals surface area contributed by atoms with Crippen LogP contribution in [0.15, 0.2) is 41.2 Å². The van der Waals surface area contributed by atoms with Crippen LogP contribution in [0.3, 0.4) is 0 Å². The topological polar surface area (TPSA) is 79.0 Å². The number of aryl methyl sites for hydroxylation is 3. The maximum absolute atomic E-state index is 11.9. The smallest absolute Gasteiger partial charge is 0.358 e. The van der Waals surface area contributed by atoms with Crippen LogP contribution in [-0.4, -0.2) is 31.9 Å². The van der Waals surface area contributed by atoms with Crippen molar-refractivity contribution in [2.75, 3.05) is 6.61 Å². The van der Waals surface area contributed by atoms with Gasteiger partial charge in [-0.1, -0.05) is 12.1 Å². The van der Waals surface area contributed by atoms with Gasteiger partial charge in [-0.2, -0.15) is 5.10 Å². The average Bonchev–Trinajstić information content (AvgIpc) is 2.89. The summed E-state index contributed by atoms with van der Waals surface area (Å²) in [6.45, 7) is 2.94. The van der Waals surface area contributed by atoms with Crippen LogP contribution < -0.4 is 5.56 Å². The van der Waals surface area contributed by atoms with E-state index in [2.05, 4.69) is 14.6 Å².